The second-order valence-electron chi connectivity index (χ2n) is 5.00. The summed E-state index contributed by atoms with van der Waals surface area (Å²) in [5.74, 6) is 1.28. The molecule has 4 nitrogen and oxygen atoms in total. The summed E-state index contributed by atoms with van der Waals surface area (Å²) in [5, 5.41) is 5.41. The van der Waals surface area contributed by atoms with Crippen molar-refractivity contribution in [1.29, 1.82) is 0 Å². The molecule has 1 aliphatic heterocycles. The molecule has 2 rings (SSSR count). The molecule has 5 heteroatoms. The molecule has 0 radical (unpaired) electrons. The van der Waals surface area contributed by atoms with E-state index in [9.17, 15) is 0 Å². The van der Waals surface area contributed by atoms with E-state index in [0.717, 1.165) is 24.1 Å². The summed E-state index contributed by atoms with van der Waals surface area (Å²) in [5.41, 5.74) is 2.46. The summed E-state index contributed by atoms with van der Waals surface area (Å²) in [6.07, 6.45) is 1.24. The van der Waals surface area contributed by atoms with Gasteiger partial charge in [0, 0.05) is 37.1 Å². The van der Waals surface area contributed by atoms with Crippen LogP contribution in [0.1, 0.15) is 17.7 Å². The van der Waals surface area contributed by atoms with E-state index in [4.69, 9.17) is 0 Å². The largest absolute Gasteiger partial charge is 0.355 e. The Balaban J connectivity index is 2.24. The van der Waals surface area contributed by atoms with Gasteiger partial charge in [0.2, 0.25) is 0 Å². The lowest BCUT2D eigenvalue weighted by Gasteiger charge is -2.22. The van der Waals surface area contributed by atoms with Crippen LogP contribution in [0.15, 0.2) is 0 Å². The van der Waals surface area contributed by atoms with E-state index in [2.05, 4.69) is 51.8 Å². The van der Waals surface area contributed by atoms with Crippen LogP contribution >= 0.6 is 15.9 Å². The van der Waals surface area contributed by atoms with Crippen LogP contribution in [0.25, 0.3) is 0 Å². The second kappa shape index (κ2) is 4.98. The third kappa shape index (κ3) is 2.36. The standard InChI is InChI=1S/C12H21BrN4/c1-9-11(7-13)12(16(4)14-9)17-6-5-10(8-17)15(2)3/h10H,5-8H2,1-4H3. The molecule has 0 spiro atoms. The molecule has 1 aromatic heterocycles. The average molecular weight is 301 g/mol. The molecule has 96 valence electrons. The van der Waals surface area contributed by atoms with E-state index in [0.29, 0.717) is 6.04 Å². The first-order valence-electron chi connectivity index (χ1n) is 6.04. The number of anilines is 1. The molecule has 0 aromatic carbocycles. The fraction of sp³-hybridized carbons (Fsp3) is 0.750. The van der Waals surface area contributed by atoms with Crippen LogP contribution in [0.2, 0.25) is 0 Å². The van der Waals surface area contributed by atoms with Crippen LogP contribution in [0.5, 0.6) is 0 Å². The Kier molecular flexibility index (Phi) is 3.78. The number of aromatic nitrogens is 2. The molecule has 0 N–H and O–H groups in total. The highest BCUT2D eigenvalue weighted by Gasteiger charge is 2.28. The highest BCUT2D eigenvalue weighted by atomic mass is 79.9. The number of aryl methyl sites for hydroxylation is 2. The summed E-state index contributed by atoms with van der Waals surface area (Å²) in [6, 6.07) is 0.661. The molecule has 0 saturated carbocycles. The number of likely N-dealkylation sites (N-methyl/N-ethyl adjacent to an activating group) is 1. The Morgan fingerprint density at radius 3 is 2.71 bits per heavy atom. The van der Waals surface area contributed by atoms with Gasteiger partial charge in [0.05, 0.1) is 5.69 Å². The molecular weight excluding hydrogens is 280 g/mol. The van der Waals surface area contributed by atoms with E-state index in [1.54, 1.807) is 0 Å². The maximum Gasteiger partial charge on any atom is 0.130 e. The summed E-state index contributed by atoms with van der Waals surface area (Å²) < 4.78 is 2.02. The van der Waals surface area contributed by atoms with Crippen molar-refractivity contribution in [2.45, 2.75) is 24.7 Å². The minimum Gasteiger partial charge on any atom is -0.355 e. The predicted octanol–water partition coefficient (Wildman–Crippen LogP) is 1.76. The Morgan fingerprint density at radius 2 is 2.18 bits per heavy atom. The van der Waals surface area contributed by atoms with E-state index < -0.39 is 0 Å². The molecule has 0 bridgehead atoms. The fourth-order valence-corrected chi connectivity index (χ4v) is 3.25. The lowest BCUT2D eigenvalue weighted by Crippen LogP contribution is -2.32. The average Bonchev–Trinajstić information content (AvgIpc) is 2.82. The van der Waals surface area contributed by atoms with Gasteiger partial charge < -0.3 is 9.80 Å². The third-order valence-corrected chi connectivity index (χ3v) is 4.20. The van der Waals surface area contributed by atoms with Crippen molar-refractivity contribution in [2.75, 3.05) is 32.1 Å². The zero-order chi connectivity index (χ0) is 12.6. The first-order valence-corrected chi connectivity index (χ1v) is 7.16. The smallest absolute Gasteiger partial charge is 0.130 e. The zero-order valence-electron chi connectivity index (χ0n) is 11.1. The van der Waals surface area contributed by atoms with Gasteiger partial charge in [-0.2, -0.15) is 5.10 Å². The van der Waals surface area contributed by atoms with Crippen molar-refractivity contribution in [3.8, 4) is 0 Å². The molecule has 1 aliphatic rings. The van der Waals surface area contributed by atoms with Crippen molar-refractivity contribution in [3.05, 3.63) is 11.3 Å². The van der Waals surface area contributed by atoms with Crippen LogP contribution in [-0.2, 0) is 12.4 Å². The Morgan fingerprint density at radius 1 is 1.47 bits per heavy atom. The molecule has 0 aliphatic carbocycles. The van der Waals surface area contributed by atoms with Crippen LogP contribution in [0.4, 0.5) is 5.82 Å². The molecule has 1 unspecified atom stereocenters. The maximum absolute atomic E-state index is 4.53. The van der Waals surface area contributed by atoms with Crippen molar-refractivity contribution < 1.29 is 0 Å². The van der Waals surface area contributed by atoms with E-state index in [1.165, 1.54) is 17.8 Å². The summed E-state index contributed by atoms with van der Waals surface area (Å²) in [6.45, 7) is 4.31. The Hall–Kier alpha value is -0.550. The minimum atomic E-state index is 0.661. The Labute approximate surface area is 112 Å². The summed E-state index contributed by atoms with van der Waals surface area (Å²) in [7, 11) is 6.36. The summed E-state index contributed by atoms with van der Waals surface area (Å²) >= 11 is 3.57. The van der Waals surface area contributed by atoms with E-state index >= 15 is 0 Å². The van der Waals surface area contributed by atoms with E-state index in [1.807, 2.05) is 11.7 Å². The lowest BCUT2D eigenvalue weighted by molar-refractivity contribution is 0.315. The number of halogens is 1. The highest BCUT2D eigenvalue weighted by molar-refractivity contribution is 9.08. The normalized spacial score (nSPS) is 20.6. The zero-order valence-corrected chi connectivity index (χ0v) is 12.7. The molecule has 1 atom stereocenters. The molecule has 0 amide bonds. The van der Waals surface area contributed by atoms with Crippen LogP contribution in [-0.4, -0.2) is 47.9 Å². The molecule has 1 saturated heterocycles. The van der Waals surface area contributed by atoms with Gasteiger partial charge in [-0.3, -0.25) is 4.68 Å². The van der Waals surface area contributed by atoms with Crippen molar-refractivity contribution in [2.24, 2.45) is 7.05 Å². The van der Waals surface area contributed by atoms with Gasteiger partial charge in [0.25, 0.3) is 0 Å². The first-order chi connectivity index (χ1) is 8.04. The van der Waals surface area contributed by atoms with Crippen LogP contribution in [0, 0.1) is 6.92 Å². The topological polar surface area (TPSA) is 24.3 Å². The van der Waals surface area contributed by atoms with Gasteiger partial charge in [-0.15, -0.1) is 0 Å². The fourth-order valence-electron chi connectivity index (χ4n) is 2.60. The first kappa shape index (κ1) is 12.9. The highest BCUT2D eigenvalue weighted by Crippen LogP contribution is 2.29. The minimum absolute atomic E-state index is 0.661. The maximum atomic E-state index is 4.53. The van der Waals surface area contributed by atoms with Gasteiger partial charge in [-0.25, -0.2) is 0 Å². The number of rotatable bonds is 3. The Bertz CT molecular complexity index is 399. The van der Waals surface area contributed by atoms with Gasteiger partial charge in [0.1, 0.15) is 5.82 Å². The van der Waals surface area contributed by atoms with Crippen molar-refractivity contribution in [1.82, 2.24) is 14.7 Å². The number of hydrogen-bond acceptors (Lipinski definition) is 3. The molecule has 17 heavy (non-hydrogen) atoms. The molecular formula is C12H21BrN4. The quantitative estimate of drug-likeness (QED) is 0.795. The van der Waals surface area contributed by atoms with Gasteiger partial charge >= 0.3 is 0 Å². The molecule has 2 heterocycles. The molecule has 1 fully saturated rings. The SMILES string of the molecule is Cc1nn(C)c(N2CCC(N(C)C)C2)c1CBr. The van der Waals surface area contributed by atoms with Crippen molar-refractivity contribution in [3.63, 3.8) is 0 Å². The van der Waals surface area contributed by atoms with Gasteiger partial charge in [-0.1, -0.05) is 15.9 Å². The van der Waals surface area contributed by atoms with Crippen LogP contribution in [0.3, 0.4) is 0 Å². The molecule has 1 aromatic rings. The number of nitrogens with zero attached hydrogens (tertiary/aromatic N) is 4. The van der Waals surface area contributed by atoms with Crippen molar-refractivity contribution >= 4 is 21.7 Å². The summed E-state index contributed by atoms with van der Waals surface area (Å²) in [4.78, 5) is 4.78. The van der Waals surface area contributed by atoms with Crippen LogP contribution < -0.4 is 4.90 Å². The number of alkyl halides is 1. The lowest BCUT2D eigenvalue weighted by atomic mass is 10.2. The predicted molar refractivity (Wildman–Crippen MR) is 74.9 cm³/mol. The van der Waals surface area contributed by atoms with E-state index in [-0.39, 0.29) is 0 Å². The van der Waals surface area contributed by atoms with Gasteiger partial charge in [-0.05, 0) is 27.4 Å². The third-order valence-electron chi connectivity index (χ3n) is 3.64. The second-order valence-corrected chi connectivity index (χ2v) is 5.56. The van der Waals surface area contributed by atoms with Gasteiger partial charge in [0.15, 0.2) is 0 Å². The number of hydrogen-bond donors (Lipinski definition) is 0. The monoisotopic (exact) mass is 300 g/mol.